The highest BCUT2D eigenvalue weighted by Crippen LogP contribution is 2.19. The van der Waals surface area contributed by atoms with E-state index in [0.717, 1.165) is 16.9 Å². The summed E-state index contributed by atoms with van der Waals surface area (Å²) in [6.45, 7) is 2.71. The minimum absolute atomic E-state index is 0.00645. The van der Waals surface area contributed by atoms with Crippen LogP contribution in [0.4, 0.5) is 0 Å². The van der Waals surface area contributed by atoms with Crippen molar-refractivity contribution in [2.24, 2.45) is 7.05 Å². The average molecular weight is 308 g/mol. The second-order valence-electron chi connectivity index (χ2n) is 5.79. The lowest BCUT2D eigenvalue weighted by atomic mass is 10.1. The highest BCUT2D eigenvalue weighted by Gasteiger charge is 2.15. The Balaban J connectivity index is 1.92. The summed E-state index contributed by atoms with van der Waals surface area (Å²) in [6, 6.07) is 11.6. The van der Waals surface area contributed by atoms with Crippen molar-refractivity contribution in [3.63, 3.8) is 0 Å². The Bertz CT molecular complexity index is 873. The molecule has 2 aromatic heterocycles. The molecule has 3 rings (SSSR count). The van der Waals surface area contributed by atoms with Crippen molar-refractivity contribution in [1.82, 2.24) is 19.4 Å². The number of rotatable bonds is 4. The van der Waals surface area contributed by atoms with Gasteiger partial charge in [-0.2, -0.15) is 0 Å². The second-order valence-corrected chi connectivity index (χ2v) is 5.79. The van der Waals surface area contributed by atoms with Crippen molar-refractivity contribution in [3.8, 4) is 0 Å². The van der Waals surface area contributed by atoms with Gasteiger partial charge in [0.25, 0.3) is 5.56 Å². The molecule has 1 unspecified atom stereocenters. The van der Waals surface area contributed by atoms with Crippen LogP contribution >= 0.6 is 0 Å². The van der Waals surface area contributed by atoms with Gasteiger partial charge in [0.1, 0.15) is 5.82 Å². The van der Waals surface area contributed by atoms with E-state index in [9.17, 15) is 4.79 Å². The molecular formula is C18H20N4O. The van der Waals surface area contributed by atoms with Crippen LogP contribution in [0.25, 0.3) is 10.9 Å². The Morgan fingerprint density at radius 1 is 1.22 bits per heavy atom. The third-order valence-electron chi connectivity index (χ3n) is 4.29. The molecule has 0 bridgehead atoms. The van der Waals surface area contributed by atoms with Crippen molar-refractivity contribution >= 4 is 10.9 Å². The number of benzene rings is 1. The number of hydrogen-bond acceptors (Lipinski definition) is 4. The van der Waals surface area contributed by atoms with E-state index in [0.29, 0.717) is 11.9 Å². The Morgan fingerprint density at radius 2 is 2.00 bits per heavy atom. The van der Waals surface area contributed by atoms with Crippen LogP contribution in [0.1, 0.15) is 24.4 Å². The number of hydrogen-bond donors (Lipinski definition) is 0. The second kappa shape index (κ2) is 6.30. The van der Waals surface area contributed by atoms with Gasteiger partial charge in [-0.15, -0.1) is 0 Å². The van der Waals surface area contributed by atoms with Crippen LogP contribution in [0.5, 0.6) is 0 Å². The van der Waals surface area contributed by atoms with Crippen LogP contribution in [0.2, 0.25) is 0 Å². The predicted octanol–water partition coefficient (Wildman–Crippen LogP) is 2.52. The van der Waals surface area contributed by atoms with E-state index in [1.807, 2.05) is 43.6 Å². The van der Waals surface area contributed by atoms with Gasteiger partial charge in [-0.25, -0.2) is 4.98 Å². The lowest BCUT2D eigenvalue weighted by Crippen LogP contribution is -2.29. The fourth-order valence-electron chi connectivity index (χ4n) is 2.64. The zero-order chi connectivity index (χ0) is 16.4. The maximum atomic E-state index is 12.5. The molecule has 118 valence electrons. The summed E-state index contributed by atoms with van der Waals surface area (Å²) in [5.74, 6) is 0.756. The Labute approximate surface area is 135 Å². The number of para-hydroxylation sites is 1. The van der Waals surface area contributed by atoms with Gasteiger partial charge in [0.05, 0.1) is 17.4 Å². The van der Waals surface area contributed by atoms with Gasteiger partial charge in [0.2, 0.25) is 0 Å². The molecule has 0 aliphatic rings. The minimum atomic E-state index is -0.00645. The van der Waals surface area contributed by atoms with E-state index in [2.05, 4.69) is 27.9 Å². The van der Waals surface area contributed by atoms with Crippen molar-refractivity contribution in [3.05, 3.63) is 70.5 Å². The van der Waals surface area contributed by atoms with Gasteiger partial charge in [-0.3, -0.25) is 19.2 Å². The van der Waals surface area contributed by atoms with Gasteiger partial charge >= 0.3 is 0 Å². The summed E-state index contributed by atoms with van der Waals surface area (Å²) in [6.07, 6.45) is 3.64. The molecule has 0 aliphatic carbocycles. The molecule has 0 aliphatic heterocycles. The first-order valence-corrected chi connectivity index (χ1v) is 7.62. The van der Waals surface area contributed by atoms with Gasteiger partial charge in [0, 0.05) is 25.5 Å². The van der Waals surface area contributed by atoms with Crippen molar-refractivity contribution in [1.29, 1.82) is 0 Å². The first-order valence-electron chi connectivity index (χ1n) is 7.62. The summed E-state index contributed by atoms with van der Waals surface area (Å²) in [5.41, 5.74) is 1.88. The largest absolute Gasteiger partial charge is 0.298 e. The van der Waals surface area contributed by atoms with E-state index < -0.39 is 0 Å². The van der Waals surface area contributed by atoms with Crippen LogP contribution in [0.3, 0.4) is 0 Å². The summed E-state index contributed by atoms with van der Waals surface area (Å²) >= 11 is 0. The Morgan fingerprint density at radius 3 is 2.74 bits per heavy atom. The molecule has 1 atom stereocenters. The fourth-order valence-corrected chi connectivity index (χ4v) is 2.64. The van der Waals surface area contributed by atoms with Gasteiger partial charge in [-0.05, 0) is 37.7 Å². The fraction of sp³-hybridized carbons (Fsp3) is 0.278. The van der Waals surface area contributed by atoms with Crippen LogP contribution in [-0.4, -0.2) is 26.5 Å². The van der Waals surface area contributed by atoms with E-state index in [1.54, 1.807) is 17.8 Å². The monoisotopic (exact) mass is 308 g/mol. The van der Waals surface area contributed by atoms with Crippen LogP contribution in [-0.2, 0) is 13.6 Å². The third kappa shape index (κ3) is 3.00. The summed E-state index contributed by atoms with van der Waals surface area (Å²) in [7, 11) is 3.80. The molecule has 0 saturated heterocycles. The standard InChI is InChI=1S/C18H20N4O/c1-13(14-7-6-10-19-11-14)21(2)12-17-20-16-9-5-4-8-15(16)18(23)22(17)3/h4-11,13H,12H2,1-3H3. The van der Waals surface area contributed by atoms with E-state index in [4.69, 9.17) is 0 Å². The molecule has 0 saturated carbocycles. The topological polar surface area (TPSA) is 51.0 Å². The zero-order valence-corrected chi connectivity index (χ0v) is 13.6. The van der Waals surface area contributed by atoms with Crippen molar-refractivity contribution < 1.29 is 0 Å². The molecule has 0 fully saturated rings. The number of aromatic nitrogens is 3. The number of pyridine rings is 1. The lowest BCUT2D eigenvalue weighted by molar-refractivity contribution is 0.243. The molecule has 23 heavy (non-hydrogen) atoms. The van der Waals surface area contributed by atoms with Crippen LogP contribution in [0, 0.1) is 0 Å². The highest BCUT2D eigenvalue weighted by molar-refractivity contribution is 5.77. The van der Waals surface area contributed by atoms with Crippen LogP contribution < -0.4 is 5.56 Å². The molecular weight excluding hydrogens is 288 g/mol. The molecule has 5 heteroatoms. The Hall–Kier alpha value is -2.53. The van der Waals surface area contributed by atoms with Gasteiger partial charge in [0.15, 0.2) is 0 Å². The molecule has 0 radical (unpaired) electrons. The smallest absolute Gasteiger partial charge is 0.261 e. The van der Waals surface area contributed by atoms with Gasteiger partial charge in [-0.1, -0.05) is 18.2 Å². The van der Waals surface area contributed by atoms with E-state index >= 15 is 0 Å². The molecule has 0 N–H and O–H groups in total. The first-order chi connectivity index (χ1) is 11.1. The third-order valence-corrected chi connectivity index (χ3v) is 4.29. The molecule has 3 aromatic rings. The van der Waals surface area contributed by atoms with Crippen LogP contribution in [0.15, 0.2) is 53.6 Å². The average Bonchev–Trinajstić information content (AvgIpc) is 2.59. The Kier molecular flexibility index (Phi) is 4.21. The molecule has 1 aromatic carbocycles. The van der Waals surface area contributed by atoms with Crippen molar-refractivity contribution in [2.75, 3.05) is 7.05 Å². The lowest BCUT2D eigenvalue weighted by Gasteiger charge is -2.25. The maximum absolute atomic E-state index is 12.5. The summed E-state index contributed by atoms with van der Waals surface area (Å²) in [5, 5.41) is 0.654. The van der Waals surface area contributed by atoms with Crippen molar-refractivity contribution in [2.45, 2.75) is 19.5 Å². The van der Waals surface area contributed by atoms with E-state index in [1.165, 1.54) is 0 Å². The van der Waals surface area contributed by atoms with E-state index in [-0.39, 0.29) is 11.6 Å². The predicted molar refractivity (Wildman–Crippen MR) is 91.1 cm³/mol. The number of nitrogens with zero attached hydrogens (tertiary/aromatic N) is 4. The molecule has 5 nitrogen and oxygen atoms in total. The maximum Gasteiger partial charge on any atom is 0.261 e. The minimum Gasteiger partial charge on any atom is -0.298 e. The summed E-state index contributed by atoms with van der Waals surface area (Å²) in [4.78, 5) is 23.5. The van der Waals surface area contributed by atoms with Gasteiger partial charge < -0.3 is 0 Å². The number of fused-ring (bicyclic) bond motifs is 1. The summed E-state index contributed by atoms with van der Waals surface area (Å²) < 4.78 is 1.63. The molecule has 2 heterocycles. The normalized spacial score (nSPS) is 12.7. The molecule has 0 amide bonds. The SMILES string of the molecule is CC(c1cccnc1)N(C)Cc1nc2ccccc2c(=O)n1C. The zero-order valence-electron chi connectivity index (χ0n) is 13.6. The highest BCUT2D eigenvalue weighted by atomic mass is 16.1. The first kappa shape index (κ1) is 15.4. The quantitative estimate of drug-likeness (QED) is 0.743. The molecule has 0 spiro atoms.